The highest BCUT2D eigenvalue weighted by atomic mass is 35.5. The lowest BCUT2D eigenvalue weighted by molar-refractivity contribution is 0.414. The van der Waals surface area contributed by atoms with E-state index in [4.69, 9.17) is 16.3 Å². The van der Waals surface area contributed by atoms with Gasteiger partial charge in [-0.1, -0.05) is 35.9 Å². The Morgan fingerprint density at radius 2 is 1.67 bits per heavy atom. The van der Waals surface area contributed by atoms with Gasteiger partial charge < -0.3 is 10.1 Å². The predicted octanol–water partition coefficient (Wildman–Crippen LogP) is 4.43. The average molecular weight is 403 g/mol. The van der Waals surface area contributed by atoms with Crippen molar-refractivity contribution in [3.8, 4) is 16.9 Å². The molecule has 0 radical (unpaired) electrons. The van der Waals surface area contributed by atoms with Crippen LogP contribution in [0.4, 0.5) is 5.82 Å². The minimum Gasteiger partial charge on any atom is -0.497 e. The van der Waals surface area contributed by atoms with Crippen LogP contribution in [-0.4, -0.2) is 26.8 Å². The Morgan fingerprint density at radius 1 is 1.00 bits per heavy atom. The summed E-state index contributed by atoms with van der Waals surface area (Å²) in [6.07, 6.45) is 1.19. The zero-order chi connectivity index (χ0) is 19.4. The number of pyridine rings is 1. The average Bonchev–Trinajstić information content (AvgIpc) is 2.66. The fourth-order valence-electron chi connectivity index (χ4n) is 2.58. The SMILES string of the molecule is COc1ccc(CNc2cc(-c3ccc(S(C)(=O)=O)cc3)cc(Cl)n2)cc1. The summed E-state index contributed by atoms with van der Waals surface area (Å²) >= 11 is 6.16. The second kappa shape index (κ2) is 7.98. The van der Waals surface area contributed by atoms with Gasteiger partial charge in [0.1, 0.15) is 16.7 Å². The number of rotatable bonds is 6. The van der Waals surface area contributed by atoms with Gasteiger partial charge in [0.15, 0.2) is 9.84 Å². The van der Waals surface area contributed by atoms with E-state index in [0.29, 0.717) is 17.5 Å². The molecule has 1 heterocycles. The van der Waals surface area contributed by atoms with Crippen LogP contribution < -0.4 is 10.1 Å². The standard InChI is InChI=1S/C20H19ClN2O3S/c1-26-17-7-3-14(4-8-17)13-22-20-12-16(11-19(21)23-20)15-5-9-18(10-6-15)27(2,24)25/h3-12H,13H2,1-2H3,(H,22,23). The molecule has 0 aliphatic carbocycles. The first-order valence-corrected chi connectivity index (χ1v) is 10.5. The number of hydrogen-bond donors (Lipinski definition) is 1. The molecular weight excluding hydrogens is 384 g/mol. The molecule has 0 unspecified atom stereocenters. The number of nitrogens with zero attached hydrogens (tertiary/aromatic N) is 1. The van der Waals surface area contributed by atoms with E-state index in [1.807, 2.05) is 30.3 Å². The van der Waals surface area contributed by atoms with E-state index in [2.05, 4.69) is 10.3 Å². The number of aromatic nitrogens is 1. The van der Waals surface area contributed by atoms with Gasteiger partial charge >= 0.3 is 0 Å². The van der Waals surface area contributed by atoms with Gasteiger partial charge in [-0.25, -0.2) is 13.4 Å². The van der Waals surface area contributed by atoms with E-state index in [-0.39, 0.29) is 4.90 Å². The Bertz CT molecular complexity index is 1030. The number of benzene rings is 2. The quantitative estimate of drug-likeness (QED) is 0.618. The Balaban J connectivity index is 1.79. The van der Waals surface area contributed by atoms with Crippen molar-refractivity contribution in [3.63, 3.8) is 0 Å². The number of sulfone groups is 1. The summed E-state index contributed by atoms with van der Waals surface area (Å²) < 4.78 is 28.4. The molecule has 0 spiro atoms. The van der Waals surface area contributed by atoms with Crippen LogP contribution in [0.2, 0.25) is 5.15 Å². The molecule has 0 fully saturated rings. The molecule has 7 heteroatoms. The number of halogens is 1. The van der Waals surface area contributed by atoms with Gasteiger partial charge in [-0.3, -0.25) is 0 Å². The topological polar surface area (TPSA) is 68.3 Å². The Kier molecular flexibility index (Phi) is 5.68. The maximum atomic E-state index is 11.6. The van der Waals surface area contributed by atoms with Crippen molar-refractivity contribution in [1.29, 1.82) is 0 Å². The number of ether oxygens (including phenoxy) is 1. The largest absolute Gasteiger partial charge is 0.497 e. The van der Waals surface area contributed by atoms with Crippen molar-refractivity contribution in [2.45, 2.75) is 11.4 Å². The molecule has 0 atom stereocenters. The molecule has 1 N–H and O–H groups in total. The normalized spacial score (nSPS) is 11.2. The third kappa shape index (κ3) is 4.99. The zero-order valence-electron chi connectivity index (χ0n) is 14.9. The van der Waals surface area contributed by atoms with Crippen LogP contribution >= 0.6 is 11.6 Å². The van der Waals surface area contributed by atoms with Crippen LogP contribution in [-0.2, 0) is 16.4 Å². The highest BCUT2D eigenvalue weighted by Gasteiger charge is 2.08. The van der Waals surface area contributed by atoms with E-state index in [1.54, 1.807) is 37.4 Å². The van der Waals surface area contributed by atoms with Crippen molar-refractivity contribution < 1.29 is 13.2 Å². The summed E-state index contributed by atoms with van der Waals surface area (Å²) in [5.74, 6) is 1.44. The predicted molar refractivity (Wildman–Crippen MR) is 108 cm³/mol. The summed E-state index contributed by atoms with van der Waals surface area (Å²) in [6, 6.07) is 18.1. The second-order valence-corrected chi connectivity index (χ2v) is 8.46. The van der Waals surface area contributed by atoms with Gasteiger partial charge in [-0.2, -0.15) is 0 Å². The number of anilines is 1. The maximum absolute atomic E-state index is 11.6. The minimum absolute atomic E-state index is 0.282. The van der Waals surface area contributed by atoms with Gasteiger partial charge in [0.05, 0.1) is 12.0 Å². The van der Waals surface area contributed by atoms with Crippen molar-refractivity contribution in [2.75, 3.05) is 18.7 Å². The molecule has 0 aliphatic heterocycles. The van der Waals surface area contributed by atoms with Crippen LogP contribution in [0.5, 0.6) is 5.75 Å². The molecule has 0 saturated heterocycles. The van der Waals surface area contributed by atoms with Gasteiger partial charge in [0.25, 0.3) is 0 Å². The lowest BCUT2D eigenvalue weighted by atomic mass is 10.1. The van der Waals surface area contributed by atoms with E-state index >= 15 is 0 Å². The van der Waals surface area contributed by atoms with Crippen molar-refractivity contribution in [2.24, 2.45) is 0 Å². The Labute approximate surface area is 163 Å². The molecule has 3 aromatic rings. The maximum Gasteiger partial charge on any atom is 0.175 e. The summed E-state index contributed by atoms with van der Waals surface area (Å²) in [5.41, 5.74) is 2.79. The Morgan fingerprint density at radius 3 is 2.26 bits per heavy atom. The molecule has 140 valence electrons. The second-order valence-electron chi connectivity index (χ2n) is 6.06. The van der Waals surface area contributed by atoms with Crippen LogP contribution in [0.25, 0.3) is 11.1 Å². The molecule has 0 bridgehead atoms. The first-order valence-electron chi connectivity index (χ1n) is 8.20. The molecule has 3 rings (SSSR count). The van der Waals surface area contributed by atoms with Crippen LogP contribution in [0.1, 0.15) is 5.56 Å². The summed E-state index contributed by atoms with van der Waals surface area (Å²) in [7, 11) is -1.59. The first-order chi connectivity index (χ1) is 12.8. The minimum atomic E-state index is -3.22. The van der Waals surface area contributed by atoms with Gasteiger partial charge in [0.2, 0.25) is 0 Å². The summed E-state index contributed by atoms with van der Waals surface area (Å²) in [5, 5.41) is 3.61. The monoisotopic (exact) mass is 402 g/mol. The summed E-state index contributed by atoms with van der Waals surface area (Å²) in [4.78, 5) is 4.58. The number of hydrogen-bond acceptors (Lipinski definition) is 5. The highest BCUT2D eigenvalue weighted by molar-refractivity contribution is 7.90. The Hall–Kier alpha value is -2.57. The molecule has 5 nitrogen and oxygen atoms in total. The fraction of sp³-hybridized carbons (Fsp3) is 0.150. The van der Waals surface area contributed by atoms with Gasteiger partial charge in [0, 0.05) is 12.8 Å². The molecule has 0 aliphatic rings. The smallest absolute Gasteiger partial charge is 0.175 e. The van der Waals surface area contributed by atoms with E-state index in [1.165, 1.54) is 6.26 Å². The number of methoxy groups -OCH3 is 1. The molecule has 27 heavy (non-hydrogen) atoms. The number of nitrogens with one attached hydrogen (secondary N) is 1. The third-order valence-electron chi connectivity index (χ3n) is 4.04. The molecule has 1 aromatic heterocycles. The highest BCUT2D eigenvalue weighted by Crippen LogP contribution is 2.26. The third-order valence-corrected chi connectivity index (χ3v) is 5.36. The lowest BCUT2D eigenvalue weighted by Crippen LogP contribution is -2.02. The van der Waals surface area contributed by atoms with E-state index < -0.39 is 9.84 Å². The van der Waals surface area contributed by atoms with Gasteiger partial charge in [-0.15, -0.1) is 0 Å². The molecule has 0 saturated carbocycles. The fourth-order valence-corrected chi connectivity index (χ4v) is 3.42. The lowest BCUT2D eigenvalue weighted by Gasteiger charge is -2.10. The zero-order valence-corrected chi connectivity index (χ0v) is 16.5. The van der Waals surface area contributed by atoms with Crippen molar-refractivity contribution >= 4 is 27.3 Å². The first kappa shape index (κ1) is 19.2. The van der Waals surface area contributed by atoms with E-state index in [9.17, 15) is 8.42 Å². The van der Waals surface area contributed by atoms with Crippen LogP contribution in [0.15, 0.2) is 65.6 Å². The summed E-state index contributed by atoms with van der Waals surface area (Å²) in [6.45, 7) is 0.587. The van der Waals surface area contributed by atoms with Crippen LogP contribution in [0, 0.1) is 0 Å². The molecule has 2 aromatic carbocycles. The van der Waals surface area contributed by atoms with Crippen molar-refractivity contribution in [3.05, 3.63) is 71.4 Å². The van der Waals surface area contributed by atoms with Crippen LogP contribution in [0.3, 0.4) is 0 Å². The van der Waals surface area contributed by atoms with Gasteiger partial charge in [-0.05, 0) is 53.1 Å². The van der Waals surface area contributed by atoms with E-state index in [0.717, 1.165) is 22.4 Å². The molecule has 0 amide bonds. The van der Waals surface area contributed by atoms with Crippen molar-refractivity contribution in [1.82, 2.24) is 4.98 Å². The molecular formula is C20H19ClN2O3S.